The molecule has 1 saturated heterocycles. The lowest BCUT2D eigenvalue weighted by atomic mass is 10.0. The predicted octanol–water partition coefficient (Wildman–Crippen LogP) is 4.07. The smallest absolute Gasteiger partial charge is 0.180 e. The molecule has 6 nitrogen and oxygen atoms in total. The van der Waals surface area contributed by atoms with Crippen molar-refractivity contribution in [1.82, 2.24) is 24.8 Å². The van der Waals surface area contributed by atoms with Crippen molar-refractivity contribution in [2.45, 2.75) is 13.5 Å². The minimum atomic E-state index is 0.579. The maximum atomic E-state index is 5.82. The van der Waals surface area contributed by atoms with Crippen LogP contribution in [0.4, 0.5) is 5.13 Å². The van der Waals surface area contributed by atoms with E-state index in [-0.39, 0.29) is 0 Å². The van der Waals surface area contributed by atoms with Gasteiger partial charge in [0.15, 0.2) is 5.13 Å². The van der Waals surface area contributed by atoms with Crippen LogP contribution in [-0.2, 0) is 6.54 Å². The quantitative estimate of drug-likeness (QED) is 0.511. The fraction of sp³-hybridized carbons (Fsp3) is 0.304. The van der Waals surface area contributed by atoms with Gasteiger partial charge in [0.25, 0.3) is 0 Å². The summed E-state index contributed by atoms with van der Waals surface area (Å²) in [5, 5.41) is 3.63. The SMILES string of the molecule is CCN1CCN(Cc2ccc(-c3cnc4[nH]cc(-c5csc(N)n5)c4c3)cc2)CC1. The second kappa shape index (κ2) is 8.18. The number of hydrogen-bond donors (Lipinski definition) is 2. The van der Waals surface area contributed by atoms with Gasteiger partial charge in [-0.05, 0) is 23.7 Å². The van der Waals surface area contributed by atoms with Crippen LogP contribution in [0.15, 0.2) is 48.1 Å². The largest absolute Gasteiger partial charge is 0.375 e. The van der Waals surface area contributed by atoms with Gasteiger partial charge in [-0.1, -0.05) is 31.2 Å². The topological polar surface area (TPSA) is 74.1 Å². The van der Waals surface area contributed by atoms with E-state index in [4.69, 9.17) is 5.73 Å². The number of anilines is 1. The second-order valence-electron chi connectivity index (χ2n) is 7.80. The van der Waals surface area contributed by atoms with Gasteiger partial charge in [0, 0.05) is 67.0 Å². The molecule has 1 aromatic carbocycles. The molecule has 0 spiro atoms. The predicted molar refractivity (Wildman–Crippen MR) is 124 cm³/mol. The number of aromatic nitrogens is 3. The van der Waals surface area contributed by atoms with Gasteiger partial charge in [0.05, 0.1) is 5.69 Å². The Balaban J connectivity index is 1.35. The molecule has 0 bridgehead atoms. The fourth-order valence-electron chi connectivity index (χ4n) is 4.11. The standard InChI is InChI=1S/C23H26N6S/c1-2-28-7-9-29(10-8-28)14-16-3-5-17(6-4-16)18-11-19-20(13-26-22(19)25-12-18)21-15-30-23(24)27-21/h3-6,11-13,15H,2,7-10,14H2,1H3,(H2,24,27)(H,25,26). The van der Waals surface area contributed by atoms with Crippen LogP contribution in [-0.4, -0.2) is 57.5 Å². The highest BCUT2D eigenvalue weighted by Gasteiger charge is 2.16. The van der Waals surface area contributed by atoms with E-state index in [1.54, 1.807) is 0 Å². The second-order valence-corrected chi connectivity index (χ2v) is 8.69. The van der Waals surface area contributed by atoms with Crippen molar-refractivity contribution >= 4 is 27.5 Å². The summed E-state index contributed by atoms with van der Waals surface area (Å²) in [5.74, 6) is 0. The average molecular weight is 419 g/mol. The molecule has 4 aromatic rings. The first-order valence-electron chi connectivity index (χ1n) is 10.4. The van der Waals surface area contributed by atoms with Crippen LogP contribution in [0.2, 0.25) is 0 Å². The van der Waals surface area contributed by atoms with Crippen LogP contribution in [0.5, 0.6) is 0 Å². The lowest BCUT2D eigenvalue weighted by Crippen LogP contribution is -2.45. The third-order valence-corrected chi connectivity index (χ3v) is 6.61. The Kier molecular flexibility index (Phi) is 5.25. The average Bonchev–Trinajstić information content (AvgIpc) is 3.40. The highest BCUT2D eigenvalue weighted by molar-refractivity contribution is 7.13. The van der Waals surface area contributed by atoms with Crippen LogP contribution in [0, 0.1) is 0 Å². The molecule has 154 valence electrons. The Morgan fingerprint density at radius 2 is 1.83 bits per heavy atom. The van der Waals surface area contributed by atoms with Crippen molar-refractivity contribution < 1.29 is 0 Å². The normalized spacial score (nSPS) is 15.8. The maximum absolute atomic E-state index is 5.82. The van der Waals surface area contributed by atoms with Gasteiger partial charge in [0.2, 0.25) is 0 Å². The molecule has 0 unspecified atom stereocenters. The van der Waals surface area contributed by atoms with E-state index in [1.807, 2.05) is 17.8 Å². The van der Waals surface area contributed by atoms with E-state index in [1.165, 1.54) is 35.6 Å². The van der Waals surface area contributed by atoms with Gasteiger partial charge in [0.1, 0.15) is 5.65 Å². The summed E-state index contributed by atoms with van der Waals surface area (Å²) in [5.41, 5.74) is 12.3. The molecule has 0 aliphatic carbocycles. The first-order chi connectivity index (χ1) is 14.7. The number of benzene rings is 1. The molecular weight excluding hydrogens is 392 g/mol. The number of nitrogens with zero attached hydrogens (tertiary/aromatic N) is 4. The molecule has 1 fully saturated rings. The molecule has 3 N–H and O–H groups in total. The number of thiazole rings is 1. The van der Waals surface area contributed by atoms with Gasteiger partial charge in [-0.2, -0.15) is 0 Å². The molecule has 4 heterocycles. The molecule has 30 heavy (non-hydrogen) atoms. The summed E-state index contributed by atoms with van der Waals surface area (Å²) < 4.78 is 0. The Hall–Kier alpha value is -2.74. The van der Waals surface area contributed by atoms with Gasteiger partial charge in [-0.25, -0.2) is 9.97 Å². The molecule has 7 heteroatoms. The minimum Gasteiger partial charge on any atom is -0.375 e. The van der Waals surface area contributed by atoms with Crippen LogP contribution in [0.1, 0.15) is 12.5 Å². The fourth-order valence-corrected chi connectivity index (χ4v) is 4.67. The molecular formula is C23H26N6S. The first kappa shape index (κ1) is 19.2. The highest BCUT2D eigenvalue weighted by atomic mass is 32.1. The van der Waals surface area contributed by atoms with Crippen LogP contribution >= 0.6 is 11.3 Å². The molecule has 0 amide bonds. The summed E-state index contributed by atoms with van der Waals surface area (Å²) in [4.78, 5) is 17.3. The van der Waals surface area contributed by atoms with E-state index >= 15 is 0 Å². The lowest BCUT2D eigenvalue weighted by molar-refractivity contribution is 0.132. The van der Waals surface area contributed by atoms with Gasteiger partial charge in [-0.3, -0.25) is 4.90 Å². The molecule has 0 radical (unpaired) electrons. The number of nitrogen functional groups attached to an aromatic ring is 1. The number of fused-ring (bicyclic) bond motifs is 1. The van der Waals surface area contributed by atoms with Crippen LogP contribution in [0.25, 0.3) is 33.4 Å². The van der Waals surface area contributed by atoms with Crippen molar-refractivity contribution in [3.63, 3.8) is 0 Å². The Morgan fingerprint density at radius 3 is 2.53 bits per heavy atom. The summed E-state index contributed by atoms with van der Waals surface area (Å²) in [7, 11) is 0. The van der Waals surface area contributed by atoms with E-state index in [0.717, 1.165) is 54.0 Å². The molecule has 5 rings (SSSR count). The molecule has 0 atom stereocenters. The number of piperazine rings is 1. The number of rotatable bonds is 5. The Labute approximate surface area is 180 Å². The zero-order valence-corrected chi connectivity index (χ0v) is 18.0. The molecule has 0 saturated carbocycles. The summed E-state index contributed by atoms with van der Waals surface area (Å²) in [6, 6.07) is 11.1. The van der Waals surface area contributed by atoms with Gasteiger partial charge in [-0.15, -0.1) is 11.3 Å². The number of pyridine rings is 1. The number of H-pyrrole nitrogens is 1. The van der Waals surface area contributed by atoms with Gasteiger partial charge < -0.3 is 15.6 Å². The first-order valence-corrected chi connectivity index (χ1v) is 11.3. The van der Waals surface area contributed by atoms with E-state index < -0.39 is 0 Å². The number of nitrogens with two attached hydrogens (primary N) is 1. The maximum Gasteiger partial charge on any atom is 0.180 e. The summed E-state index contributed by atoms with van der Waals surface area (Å²) in [6.07, 6.45) is 3.88. The summed E-state index contributed by atoms with van der Waals surface area (Å²) in [6.45, 7) is 9.04. The highest BCUT2D eigenvalue weighted by Crippen LogP contribution is 2.32. The molecule has 3 aromatic heterocycles. The monoisotopic (exact) mass is 418 g/mol. The lowest BCUT2D eigenvalue weighted by Gasteiger charge is -2.34. The molecule has 1 aliphatic rings. The Morgan fingerprint density at radius 1 is 1.07 bits per heavy atom. The van der Waals surface area contributed by atoms with Crippen LogP contribution < -0.4 is 5.73 Å². The zero-order chi connectivity index (χ0) is 20.5. The minimum absolute atomic E-state index is 0.579. The number of aromatic amines is 1. The number of likely N-dealkylation sites (N-methyl/N-ethyl adjacent to an activating group) is 1. The van der Waals surface area contributed by atoms with Crippen LogP contribution in [0.3, 0.4) is 0 Å². The van der Waals surface area contributed by atoms with E-state index in [9.17, 15) is 0 Å². The number of hydrogen-bond acceptors (Lipinski definition) is 6. The third-order valence-electron chi connectivity index (χ3n) is 5.93. The van der Waals surface area contributed by atoms with Crippen molar-refractivity contribution in [3.05, 3.63) is 53.7 Å². The zero-order valence-electron chi connectivity index (χ0n) is 17.1. The summed E-state index contributed by atoms with van der Waals surface area (Å²) >= 11 is 1.45. The van der Waals surface area contributed by atoms with Crippen molar-refractivity contribution in [2.24, 2.45) is 0 Å². The Bertz CT molecular complexity index is 1140. The third kappa shape index (κ3) is 3.84. The van der Waals surface area contributed by atoms with Crippen molar-refractivity contribution in [2.75, 3.05) is 38.5 Å². The van der Waals surface area contributed by atoms with Crippen molar-refractivity contribution in [3.8, 4) is 22.4 Å². The molecule has 1 aliphatic heterocycles. The van der Waals surface area contributed by atoms with Crippen molar-refractivity contribution in [1.29, 1.82) is 0 Å². The van der Waals surface area contributed by atoms with E-state index in [2.05, 4.69) is 62.0 Å². The van der Waals surface area contributed by atoms with E-state index in [0.29, 0.717) is 5.13 Å². The number of nitrogens with one attached hydrogen (secondary N) is 1. The van der Waals surface area contributed by atoms with Gasteiger partial charge >= 0.3 is 0 Å².